The number of carbonyl (C=O) groups excluding carboxylic acids is 3. The first-order valence-corrected chi connectivity index (χ1v) is 20.7. The van der Waals surface area contributed by atoms with E-state index in [0.717, 1.165) is 43.9 Å². The zero-order chi connectivity index (χ0) is 41.9. The fraction of sp³-hybridized carbons (Fsp3) is 0.833. The number of aliphatic hydroxyl groups is 7. The Morgan fingerprint density at radius 1 is 0.895 bits per heavy atom. The summed E-state index contributed by atoms with van der Waals surface area (Å²) in [7, 11) is 1.11. The predicted molar refractivity (Wildman–Crippen MR) is 201 cm³/mol. The molecule has 0 aromatic rings. The molecule has 2 aliphatic heterocycles. The van der Waals surface area contributed by atoms with Gasteiger partial charge < -0.3 is 59.4 Å². The molecule has 0 radical (unpaired) electrons. The van der Waals surface area contributed by atoms with Crippen LogP contribution in [0, 0.1) is 46.3 Å². The third kappa shape index (κ3) is 7.68. The summed E-state index contributed by atoms with van der Waals surface area (Å²) >= 11 is 0. The number of ether oxygens (including phenoxy) is 5. The lowest BCUT2D eigenvalue weighted by molar-refractivity contribution is -0.369. The van der Waals surface area contributed by atoms with Gasteiger partial charge in [-0.25, -0.2) is 4.79 Å². The summed E-state index contributed by atoms with van der Waals surface area (Å²) in [6.45, 7) is 11.5. The van der Waals surface area contributed by atoms with Crippen LogP contribution < -0.4 is 0 Å². The fourth-order valence-electron chi connectivity index (χ4n) is 11.9. The van der Waals surface area contributed by atoms with Gasteiger partial charge >= 0.3 is 5.97 Å². The standard InChI is InChI=1S/C42H64O15/c1-8-22(18(2)3)25(44)15-19(4)27-30(46)31(47)28-23-10-9-20-16-21(11-13-41(20,5)24(23)12-14-42(27,28)6)54-40-37(34(50)33(49)36(56-40)38(52)53-7)57-39-35(51)32(48)29(45)26(17-43)55-39/h8,18-21,23-24,26,28-29,32-37,39-40,43,45-46,48-51H,9-17H2,1-7H3/b22-8+/t19-,20+,21+,23-,24+,26-,28+,29-,32+,33+,34+,35-,36+,37-,39+,40-,41+,42-/m1/s1. The number of ketones is 2. The molecule has 4 aliphatic carbocycles. The van der Waals surface area contributed by atoms with E-state index in [9.17, 15) is 50.1 Å². The van der Waals surface area contributed by atoms with E-state index >= 15 is 0 Å². The maximum atomic E-state index is 14.1. The minimum atomic E-state index is -1.82. The number of rotatable bonds is 11. The molecule has 57 heavy (non-hydrogen) atoms. The molecule has 6 rings (SSSR count). The average molecular weight is 809 g/mol. The molecule has 2 heterocycles. The van der Waals surface area contributed by atoms with Crippen LogP contribution in [0.5, 0.6) is 0 Å². The summed E-state index contributed by atoms with van der Waals surface area (Å²) in [4.78, 5) is 40.0. The van der Waals surface area contributed by atoms with Crippen LogP contribution in [0.1, 0.15) is 92.9 Å². The molecule has 15 nitrogen and oxygen atoms in total. The van der Waals surface area contributed by atoms with Gasteiger partial charge in [-0.3, -0.25) is 9.59 Å². The van der Waals surface area contributed by atoms with E-state index in [0.29, 0.717) is 19.3 Å². The number of hydrogen-bond donors (Lipinski definition) is 7. The van der Waals surface area contributed by atoms with Gasteiger partial charge in [0.25, 0.3) is 0 Å². The quantitative estimate of drug-likeness (QED) is 0.0898. The van der Waals surface area contributed by atoms with Gasteiger partial charge in [0, 0.05) is 17.8 Å². The predicted octanol–water partition coefficient (Wildman–Crippen LogP) is 2.02. The van der Waals surface area contributed by atoms with Crippen LogP contribution in [0.15, 0.2) is 23.0 Å². The minimum Gasteiger partial charge on any atom is -0.504 e. The van der Waals surface area contributed by atoms with Crippen LogP contribution in [-0.4, -0.2) is 135 Å². The van der Waals surface area contributed by atoms with E-state index < -0.39 is 85.5 Å². The third-order valence-corrected chi connectivity index (χ3v) is 14.9. The van der Waals surface area contributed by atoms with Crippen LogP contribution in [0.2, 0.25) is 0 Å². The maximum absolute atomic E-state index is 14.1. The Morgan fingerprint density at radius 2 is 1.60 bits per heavy atom. The van der Waals surface area contributed by atoms with Crippen LogP contribution in [-0.2, 0) is 38.1 Å². The minimum absolute atomic E-state index is 0.0392. The third-order valence-electron chi connectivity index (χ3n) is 14.9. The van der Waals surface area contributed by atoms with Crippen LogP contribution in [0.4, 0.5) is 0 Å². The Balaban J connectivity index is 1.17. The van der Waals surface area contributed by atoms with E-state index in [-0.39, 0.29) is 64.7 Å². The lowest BCUT2D eigenvalue weighted by Crippen LogP contribution is -2.65. The highest BCUT2D eigenvalue weighted by atomic mass is 16.8. The Kier molecular flexibility index (Phi) is 13.2. The molecule has 6 aliphatic rings. The number of methoxy groups -OCH3 is 1. The van der Waals surface area contributed by atoms with Crippen molar-refractivity contribution in [2.24, 2.45) is 46.3 Å². The lowest BCUT2D eigenvalue weighted by Gasteiger charge is -2.60. The van der Waals surface area contributed by atoms with Crippen molar-refractivity contribution in [2.75, 3.05) is 13.7 Å². The van der Waals surface area contributed by atoms with Crippen molar-refractivity contribution in [3.8, 4) is 0 Å². The fourth-order valence-corrected chi connectivity index (χ4v) is 11.9. The molecule has 322 valence electrons. The van der Waals surface area contributed by atoms with Gasteiger partial charge in [0.2, 0.25) is 5.78 Å². The molecule has 0 amide bonds. The summed E-state index contributed by atoms with van der Waals surface area (Å²) < 4.78 is 28.6. The molecule has 3 saturated carbocycles. The number of fused-ring (bicyclic) bond motifs is 5. The number of hydrogen-bond acceptors (Lipinski definition) is 15. The SMILES string of the molecule is C/C=C(/C(=O)C[C@@H](C)C1=C(O)C(=O)[C@@H]2[C@@H]3CC[C@H]4C[C@@H](O[C@@H]5O[C@H](C(=O)OC)[C@@H](O)[C@H](O)[C@H]5O[C@@H]5O[C@H](CO)[C@@H](O)[C@H](O)[C@H]5O)CC[C@]4(C)[C@H]3CC[C@]12C)C(C)C. The van der Waals surface area contributed by atoms with Crippen molar-refractivity contribution in [1.29, 1.82) is 0 Å². The molecule has 7 N–H and O–H groups in total. The van der Waals surface area contributed by atoms with Gasteiger partial charge in [-0.2, -0.15) is 0 Å². The van der Waals surface area contributed by atoms with Crippen LogP contribution in [0.3, 0.4) is 0 Å². The molecule has 0 bridgehead atoms. The number of carbonyl (C=O) groups is 3. The molecule has 0 unspecified atom stereocenters. The molecular weight excluding hydrogens is 744 g/mol. The number of aliphatic hydroxyl groups excluding tert-OH is 7. The normalized spacial score (nSPS) is 45.6. The second-order valence-corrected chi connectivity index (χ2v) is 18.3. The van der Waals surface area contributed by atoms with Crippen molar-refractivity contribution in [2.45, 2.75) is 160 Å². The monoisotopic (exact) mass is 808 g/mol. The summed E-state index contributed by atoms with van der Waals surface area (Å²) in [5.74, 6) is -1.44. The highest BCUT2D eigenvalue weighted by Gasteiger charge is 2.64. The number of Topliss-reactive ketones (excluding diaryl/α,β-unsaturated/α-hetero) is 2. The Hall–Kier alpha value is -2.31. The summed E-state index contributed by atoms with van der Waals surface area (Å²) in [5.41, 5.74) is 0.770. The van der Waals surface area contributed by atoms with E-state index in [1.54, 1.807) is 0 Å². The van der Waals surface area contributed by atoms with E-state index in [2.05, 4.69) is 13.8 Å². The van der Waals surface area contributed by atoms with Gasteiger partial charge in [0.1, 0.15) is 42.7 Å². The van der Waals surface area contributed by atoms with Crippen LogP contribution >= 0.6 is 0 Å². The van der Waals surface area contributed by atoms with Crippen molar-refractivity contribution in [3.63, 3.8) is 0 Å². The van der Waals surface area contributed by atoms with Gasteiger partial charge in [-0.1, -0.05) is 40.7 Å². The first-order valence-electron chi connectivity index (χ1n) is 20.7. The van der Waals surface area contributed by atoms with Crippen molar-refractivity contribution in [1.82, 2.24) is 0 Å². The van der Waals surface area contributed by atoms with Crippen LogP contribution in [0.25, 0.3) is 0 Å². The molecule has 2 saturated heterocycles. The maximum Gasteiger partial charge on any atom is 0.337 e. The Morgan fingerprint density at radius 3 is 2.23 bits per heavy atom. The molecule has 18 atom stereocenters. The zero-order valence-corrected chi connectivity index (χ0v) is 34.2. The second kappa shape index (κ2) is 17.0. The van der Waals surface area contributed by atoms with Crippen molar-refractivity contribution >= 4 is 17.5 Å². The Labute approximate surface area is 334 Å². The topological polar surface area (TPSA) is 239 Å². The van der Waals surface area contributed by atoms with Gasteiger partial charge in [-0.15, -0.1) is 0 Å². The number of allylic oxidation sites excluding steroid dienone is 4. The Bertz CT molecular complexity index is 1580. The first-order chi connectivity index (χ1) is 26.8. The smallest absolute Gasteiger partial charge is 0.337 e. The molecule has 5 fully saturated rings. The molecule has 0 aromatic carbocycles. The second-order valence-electron chi connectivity index (χ2n) is 18.3. The largest absolute Gasteiger partial charge is 0.504 e. The molecular formula is C42H64O15. The number of esters is 1. The van der Waals surface area contributed by atoms with Gasteiger partial charge in [-0.05, 0) is 98.0 Å². The first kappa shape index (κ1) is 44.2. The summed E-state index contributed by atoms with van der Waals surface area (Å²) in [6, 6.07) is 0. The highest BCUT2D eigenvalue weighted by molar-refractivity contribution is 6.01. The van der Waals surface area contributed by atoms with E-state index in [4.69, 9.17) is 23.7 Å². The van der Waals surface area contributed by atoms with E-state index in [1.807, 2.05) is 33.8 Å². The van der Waals surface area contributed by atoms with Gasteiger partial charge in [0.15, 0.2) is 30.2 Å². The summed E-state index contributed by atoms with van der Waals surface area (Å²) in [6.07, 6.45) is -9.83. The van der Waals surface area contributed by atoms with Crippen molar-refractivity contribution < 1.29 is 73.8 Å². The average Bonchev–Trinajstić information content (AvgIpc) is 3.37. The van der Waals surface area contributed by atoms with Gasteiger partial charge in [0.05, 0.1) is 19.8 Å². The molecule has 0 spiro atoms. The molecule has 15 heteroatoms. The molecule has 0 aromatic heterocycles. The zero-order valence-electron chi connectivity index (χ0n) is 34.2. The lowest BCUT2D eigenvalue weighted by atomic mass is 9.44. The highest BCUT2D eigenvalue weighted by Crippen LogP contribution is 2.67. The van der Waals surface area contributed by atoms with E-state index in [1.165, 1.54) is 0 Å². The van der Waals surface area contributed by atoms with Crippen molar-refractivity contribution in [3.05, 3.63) is 23.0 Å². The summed E-state index contributed by atoms with van der Waals surface area (Å²) in [5, 5.41) is 74.5.